The zero-order valence-corrected chi connectivity index (χ0v) is 12.9. The van der Waals surface area contributed by atoms with Gasteiger partial charge in [-0.15, -0.1) is 0 Å². The number of benzene rings is 1. The Morgan fingerprint density at radius 2 is 2.00 bits per heavy atom. The molecular formula is C17H18N2O4. The summed E-state index contributed by atoms with van der Waals surface area (Å²) in [6.45, 7) is 1.81. The quantitative estimate of drug-likeness (QED) is 0.515. The second kappa shape index (κ2) is 5.95. The SMILES string of the molecule is Cc1cccc(C(=O)[N+]([O-])=NC2=C(O)C3CCCCC3C2=O)c1. The van der Waals surface area contributed by atoms with E-state index in [2.05, 4.69) is 5.11 Å². The second-order valence-electron chi connectivity index (χ2n) is 6.14. The van der Waals surface area contributed by atoms with Crippen molar-refractivity contribution in [2.45, 2.75) is 32.6 Å². The van der Waals surface area contributed by atoms with Crippen LogP contribution in [-0.2, 0) is 4.79 Å². The Balaban J connectivity index is 1.89. The highest BCUT2D eigenvalue weighted by Gasteiger charge is 2.45. The van der Waals surface area contributed by atoms with Crippen LogP contribution in [0.4, 0.5) is 0 Å². The first-order chi connectivity index (χ1) is 11.0. The molecule has 2 unspecified atom stereocenters. The van der Waals surface area contributed by atoms with Crippen LogP contribution >= 0.6 is 0 Å². The Hall–Kier alpha value is -2.50. The van der Waals surface area contributed by atoms with Gasteiger partial charge in [-0.1, -0.05) is 30.5 Å². The van der Waals surface area contributed by atoms with Gasteiger partial charge in [-0.2, -0.15) is 0 Å². The van der Waals surface area contributed by atoms with Gasteiger partial charge in [-0.05, 0) is 36.8 Å². The number of aliphatic hydroxyl groups excluding tert-OH is 1. The number of amides is 1. The molecule has 23 heavy (non-hydrogen) atoms. The molecule has 0 aromatic heterocycles. The summed E-state index contributed by atoms with van der Waals surface area (Å²) in [7, 11) is 0. The van der Waals surface area contributed by atoms with E-state index in [0.717, 1.165) is 18.4 Å². The van der Waals surface area contributed by atoms with Gasteiger partial charge in [-0.25, -0.2) is 4.79 Å². The highest BCUT2D eigenvalue weighted by molar-refractivity contribution is 6.00. The fourth-order valence-corrected chi connectivity index (χ4v) is 3.37. The van der Waals surface area contributed by atoms with Gasteiger partial charge < -0.3 is 10.3 Å². The summed E-state index contributed by atoms with van der Waals surface area (Å²) in [5.41, 5.74) is 0.791. The van der Waals surface area contributed by atoms with Crippen LogP contribution in [0.15, 0.2) is 40.8 Å². The number of nitrogens with zero attached hydrogens (tertiary/aromatic N) is 2. The van der Waals surface area contributed by atoms with Crippen molar-refractivity contribution >= 4 is 11.7 Å². The van der Waals surface area contributed by atoms with Crippen molar-refractivity contribution in [1.82, 2.24) is 0 Å². The van der Waals surface area contributed by atoms with Crippen LogP contribution in [0.1, 0.15) is 41.6 Å². The molecular weight excluding hydrogens is 296 g/mol. The Morgan fingerprint density at radius 1 is 1.30 bits per heavy atom. The molecule has 1 saturated carbocycles. The van der Waals surface area contributed by atoms with Crippen molar-refractivity contribution in [2.24, 2.45) is 17.0 Å². The minimum absolute atomic E-state index is 0.102. The van der Waals surface area contributed by atoms with Gasteiger partial charge in [0, 0.05) is 17.0 Å². The fraction of sp³-hybridized carbons (Fsp3) is 0.412. The number of Topliss-reactive ketones (excluding diaryl/α,β-unsaturated/α-hetero) is 1. The molecule has 6 nitrogen and oxygen atoms in total. The molecule has 2 aliphatic carbocycles. The van der Waals surface area contributed by atoms with E-state index in [1.807, 2.05) is 13.0 Å². The topological polar surface area (TPSA) is 92.8 Å². The van der Waals surface area contributed by atoms with Crippen LogP contribution in [-0.4, -0.2) is 21.7 Å². The van der Waals surface area contributed by atoms with Crippen LogP contribution in [0, 0.1) is 24.0 Å². The van der Waals surface area contributed by atoms with E-state index in [-0.39, 0.29) is 39.5 Å². The summed E-state index contributed by atoms with van der Waals surface area (Å²) in [6.07, 6.45) is 3.27. The minimum Gasteiger partial charge on any atom is -0.591 e. The van der Waals surface area contributed by atoms with Crippen molar-refractivity contribution in [1.29, 1.82) is 0 Å². The Kier molecular flexibility index (Phi) is 3.98. The van der Waals surface area contributed by atoms with Crippen molar-refractivity contribution in [3.8, 4) is 0 Å². The number of allylic oxidation sites excluding steroid dienone is 2. The molecule has 1 aromatic rings. The van der Waals surface area contributed by atoms with E-state index in [0.29, 0.717) is 12.8 Å². The van der Waals surface area contributed by atoms with Gasteiger partial charge in [0.25, 0.3) is 0 Å². The lowest BCUT2D eigenvalue weighted by atomic mass is 9.80. The lowest BCUT2D eigenvalue weighted by molar-refractivity contribution is -0.425. The summed E-state index contributed by atoms with van der Waals surface area (Å²) in [5.74, 6) is -1.87. The first-order valence-electron chi connectivity index (χ1n) is 7.76. The van der Waals surface area contributed by atoms with Gasteiger partial charge >= 0.3 is 5.91 Å². The summed E-state index contributed by atoms with van der Waals surface area (Å²) < 4.78 is 0. The molecule has 120 valence electrons. The van der Waals surface area contributed by atoms with Gasteiger partial charge in [0.15, 0.2) is 5.78 Å². The molecule has 1 N–H and O–H groups in total. The van der Waals surface area contributed by atoms with Gasteiger partial charge in [0.05, 0.1) is 5.56 Å². The number of fused-ring (bicyclic) bond motifs is 1. The maximum absolute atomic E-state index is 12.3. The number of hydroxylamine groups is 1. The maximum atomic E-state index is 12.3. The molecule has 1 amide bonds. The van der Waals surface area contributed by atoms with Gasteiger partial charge in [0.2, 0.25) is 5.70 Å². The highest BCUT2D eigenvalue weighted by Crippen LogP contribution is 2.42. The number of ketones is 1. The maximum Gasteiger partial charge on any atom is 0.456 e. The minimum atomic E-state index is -0.850. The third kappa shape index (κ3) is 2.76. The van der Waals surface area contributed by atoms with Crippen molar-refractivity contribution in [2.75, 3.05) is 0 Å². The number of aliphatic hydroxyl groups is 1. The standard InChI is InChI=1S/C17H18N2O4/c1-10-5-4-6-11(9-10)17(22)19(23)18-14-15(20)12-7-2-3-8-13(12)16(14)21/h4-6,9,12-13,20H,2-3,7-8H2,1H3. The zero-order chi connectivity index (χ0) is 16.6. The molecule has 0 saturated heterocycles. The largest absolute Gasteiger partial charge is 0.591 e. The lowest BCUT2D eigenvalue weighted by Gasteiger charge is -2.23. The van der Waals surface area contributed by atoms with E-state index in [1.165, 1.54) is 6.07 Å². The molecule has 0 radical (unpaired) electrons. The summed E-state index contributed by atoms with van der Waals surface area (Å²) in [6, 6.07) is 6.57. The molecule has 1 fully saturated rings. The Morgan fingerprint density at radius 3 is 2.65 bits per heavy atom. The normalized spacial score (nSPS) is 24.7. The predicted octanol–water partition coefficient (Wildman–Crippen LogP) is 3.26. The molecule has 0 bridgehead atoms. The molecule has 2 atom stereocenters. The third-order valence-corrected chi connectivity index (χ3v) is 4.56. The van der Waals surface area contributed by atoms with E-state index >= 15 is 0 Å². The molecule has 0 heterocycles. The first kappa shape index (κ1) is 15.4. The van der Waals surface area contributed by atoms with E-state index in [1.54, 1.807) is 12.1 Å². The summed E-state index contributed by atoms with van der Waals surface area (Å²) >= 11 is 0. The zero-order valence-electron chi connectivity index (χ0n) is 12.9. The summed E-state index contributed by atoms with van der Waals surface area (Å²) in [4.78, 5) is 24.3. The second-order valence-corrected chi connectivity index (χ2v) is 6.14. The average Bonchev–Trinajstić information content (AvgIpc) is 2.79. The van der Waals surface area contributed by atoms with Crippen LogP contribution in [0.25, 0.3) is 0 Å². The van der Waals surface area contributed by atoms with Crippen molar-refractivity contribution in [3.63, 3.8) is 0 Å². The number of carbonyl (C=O) groups is 2. The number of hydrogen-bond donors (Lipinski definition) is 1. The monoisotopic (exact) mass is 314 g/mol. The molecule has 1 aromatic carbocycles. The van der Waals surface area contributed by atoms with E-state index in [4.69, 9.17) is 0 Å². The Labute approximate surface area is 133 Å². The average molecular weight is 314 g/mol. The van der Waals surface area contributed by atoms with Gasteiger partial charge in [-0.3, -0.25) is 4.79 Å². The number of aryl methyl sites for hydroxylation is 1. The van der Waals surface area contributed by atoms with E-state index < -0.39 is 5.91 Å². The summed E-state index contributed by atoms with van der Waals surface area (Å²) in [5, 5.41) is 25.8. The third-order valence-electron chi connectivity index (χ3n) is 4.56. The molecule has 2 aliphatic rings. The van der Waals surface area contributed by atoms with Crippen LogP contribution < -0.4 is 0 Å². The molecule has 0 aliphatic heterocycles. The number of carbonyl (C=O) groups excluding carboxylic acids is 2. The predicted molar refractivity (Wildman–Crippen MR) is 81.7 cm³/mol. The van der Waals surface area contributed by atoms with Crippen LogP contribution in [0.2, 0.25) is 0 Å². The van der Waals surface area contributed by atoms with Crippen molar-refractivity contribution in [3.05, 3.63) is 52.1 Å². The molecule has 3 rings (SSSR count). The number of azo groups is 1. The highest BCUT2D eigenvalue weighted by atomic mass is 16.5. The van der Waals surface area contributed by atoms with Crippen LogP contribution in [0.3, 0.4) is 0 Å². The number of rotatable bonds is 2. The van der Waals surface area contributed by atoms with Crippen molar-refractivity contribution < 1.29 is 19.6 Å². The first-order valence-corrected chi connectivity index (χ1v) is 7.76. The molecule has 6 heteroatoms. The fourth-order valence-electron chi connectivity index (χ4n) is 3.37. The van der Waals surface area contributed by atoms with Crippen LogP contribution in [0.5, 0.6) is 0 Å². The lowest BCUT2D eigenvalue weighted by Crippen LogP contribution is -2.22. The van der Waals surface area contributed by atoms with E-state index in [9.17, 15) is 19.9 Å². The Bertz CT molecular complexity index is 736. The smallest absolute Gasteiger partial charge is 0.456 e. The van der Waals surface area contributed by atoms with Gasteiger partial charge in [0.1, 0.15) is 5.76 Å². The molecule has 0 spiro atoms. The number of hydrogen-bond acceptors (Lipinski definition) is 5.